The van der Waals surface area contributed by atoms with E-state index in [-0.39, 0.29) is 24.9 Å². The number of ether oxygens (including phenoxy) is 3. The van der Waals surface area contributed by atoms with E-state index in [0.717, 1.165) is 22.3 Å². The molecule has 0 saturated heterocycles. The van der Waals surface area contributed by atoms with Crippen LogP contribution in [0, 0.1) is 0 Å². The van der Waals surface area contributed by atoms with Crippen LogP contribution in [0.1, 0.15) is 89.9 Å². The zero-order valence-corrected chi connectivity index (χ0v) is 25.3. The van der Waals surface area contributed by atoms with Gasteiger partial charge in [-0.1, -0.05) is 84.9 Å². The van der Waals surface area contributed by atoms with E-state index < -0.39 is 23.1 Å². The first kappa shape index (κ1) is 31.2. The zero-order chi connectivity index (χ0) is 31.0. The normalized spacial score (nSPS) is 12.2. The van der Waals surface area contributed by atoms with E-state index in [0.29, 0.717) is 11.1 Å². The molecule has 1 atom stereocenters. The lowest BCUT2D eigenvalue weighted by atomic mass is 9.84. The van der Waals surface area contributed by atoms with Gasteiger partial charge in [0.05, 0.1) is 17.5 Å². The van der Waals surface area contributed by atoms with Gasteiger partial charge in [0.25, 0.3) is 0 Å². The summed E-state index contributed by atoms with van der Waals surface area (Å²) in [6, 6.07) is 34.1. The van der Waals surface area contributed by atoms with Crippen LogP contribution in [0.3, 0.4) is 0 Å². The van der Waals surface area contributed by atoms with Crippen LogP contribution in [0.4, 0.5) is 0 Å². The lowest BCUT2D eigenvalue weighted by molar-refractivity contribution is -0.149. The summed E-state index contributed by atoms with van der Waals surface area (Å²) in [5, 5.41) is 0. The Morgan fingerprint density at radius 1 is 0.581 bits per heavy atom. The van der Waals surface area contributed by atoms with Crippen LogP contribution in [0.2, 0.25) is 0 Å². The van der Waals surface area contributed by atoms with E-state index in [9.17, 15) is 14.4 Å². The average molecular weight is 579 g/mol. The number of rotatable bonds is 10. The van der Waals surface area contributed by atoms with Gasteiger partial charge >= 0.3 is 17.9 Å². The van der Waals surface area contributed by atoms with Crippen molar-refractivity contribution < 1.29 is 28.6 Å². The quantitative estimate of drug-likeness (QED) is 0.108. The van der Waals surface area contributed by atoms with Crippen molar-refractivity contribution in [3.63, 3.8) is 0 Å². The Morgan fingerprint density at radius 3 is 1.51 bits per heavy atom. The van der Waals surface area contributed by atoms with Gasteiger partial charge in [0.1, 0.15) is 17.8 Å². The Balaban J connectivity index is 1.46. The highest BCUT2D eigenvalue weighted by Crippen LogP contribution is 2.33. The molecule has 4 aromatic carbocycles. The van der Waals surface area contributed by atoms with Crippen LogP contribution in [-0.2, 0) is 25.6 Å². The van der Waals surface area contributed by atoms with E-state index >= 15 is 0 Å². The summed E-state index contributed by atoms with van der Waals surface area (Å²) >= 11 is 0. The number of hydrogen-bond donors (Lipinski definition) is 0. The van der Waals surface area contributed by atoms with Crippen LogP contribution in [0.25, 0.3) is 0 Å². The van der Waals surface area contributed by atoms with E-state index in [2.05, 4.69) is 0 Å². The second-order valence-electron chi connectivity index (χ2n) is 12.1. The van der Waals surface area contributed by atoms with Gasteiger partial charge in [0.15, 0.2) is 0 Å². The Labute approximate surface area is 253 Å². The minimum absolute atomic E-state index is 0.0704. The topological polar surface area (TPSA) is 78.9 Å². The molecule has 0 aliphatic heterocycles. The van der Waals surface area contributed by atoms with Crippen molar-refractivity contribution in [2.45, 2.75) is 64.8 Å². The van der Waals surface area contributed by atoms with Crippen molar-refractivity contribution in [3.05, 3.63) is 143 Å². The molecule has 6 nitrogen and oxygen atoms in total. The third-order valence-corrected chi connectivity index (χ3v) is 6.67. The molecule has 0 aliphatic carbocycles. The number of hydrogen-bond acceptors (Lipinski definition) is 6. The van der Waals surface area contributed by atoms with Crippen molar-refractivity contribution in [2.24, 2.45) is 0 Å². The van der Waals surface area contributed by atoms with Gasteiger partial charge in [-0.2, -0.15) is 0 Å². The standard InChI is InChI=1S/C37H38O6/c1-36(2,3)42-34(39)30-20-16-28(17-21-30)33(27-14-10-7-11-15-27)29-18-22-31(23-19-29)35(40)43-37(4,5)24-32(38)41-25-26-12-8-6-9-13-26/h6-23,33H,24-25H2,1-5H3. The second kappa shape index (κ2) is 13.5. The summed E-state index contributed by atoms with van der Waals surface area (Å²) in [6.07, 6.45) is -0.0704. The lowest BCUT2D eigenvalue weighted by Crippen LogP contribution is -2.31. The molecular weight excluding hydrogens is 540 g/mol. The molecule has 0 N–H and O–H groups in total. The molecule has 0 radical (unpaired) electrons. The van der Waals surface area contributed by atoms with Crippen molar-refractivity contribution >= 4 is 17.9 Å². The Bertz CT molecular complexity index is 1520. The van der Waals surface area contributed by atoms with Crippen LogP contribution in [-0.4, -0.2) is 29.1 Å². The molecular formula is C37H38O6. The summed E-state index contributed by atoms with van der Waals surface area (Å²) in [6.45, 7) is 9.06. The van der Waals surface area contributed by atoms with E-state index in [4.69, 9.17) is 14.2 Å². The summed E-state index contributed by atoms with van der Waals surface area (Å²) in [5.74, 6) is -1.47. The molecule has 0 saturated carbocycles. The molecule has 0 heterocycles. The van der Waals surface area contributed by atoms with Gasteiger partial charge in [-0.15, -0.1) is 0 Å². The van der Waals surface area contributed by atoms with Crippen LogP contribution in [0.15, 0.2) is 109 Å². The first-order valence-corrected chi connectivity index (χ1v) is 14.3. The highest BCUT2D eigenvalue weighted by molar-refractivity contribution is 5.90. The highest BCUT2D eigenvalue weighted by atomic mass is 16.6. The molecule has 4 rings (SSSR count). The van der Waals surface area contributed by atoms with Crippen LogP contribution in [0.5, 0.6) is 0 Å². The maximum atomic E-state index is 13.0. The number of carbonyl (C=O) groups is 3. The minimum atomic E-state index is -1.05. The fraction of sp³-hybridized carbons (Fsp3) is 0.270. The highest BCUT2D eigenvalue weighted by Gasteiger charge is 2.28. The predicted molar refractivity (Wildman–Crippen MR) is 166 cm³/mol. The summed E-state index contributed by atoms with van der Waals surface area (Å²) in [5.41, 5.74) is 3.15. The van der Waals surface area contributed by atoms with Gasteiger partial charge in [-0.3, -0.25) is 4.79 Å². The molecule has 0 aliphatic rings. The van der Waals surface area contributed by atoms with Crippen LogP contribution >= 0.6 is 0 Å². The van der Waals surface area contributed by atoms with Gasteiger partial charge in [-0.05, 0) is 81.1 Å². The smallest absolute Gasteiger partial charge is 0.338 e. The Morgan fingerprint density at radius 2 is 1.02 bits per heavy atom. The van der Waals surface area contributed by atoms with E-state index in [1.54, 1.807) is 38.1 Å². The zero-order valence-electron chi connectivity index (χ0n) is 25.3. The third-order valence-electron chi connectivity index (χ3n) is 6.67. The maximum absolute atomic E-state index is 13.0. The number of carbonyl (C=O) groups excluding carboxylic acids is 3. The van der Waals surface area contributed by atoms with Gasteiger partial charge in [-0.25, -0.2) is 9.59 Å². The first-order valence-electron chi connectivity index (χ1n) is 14.3. The molecule has 0 fully saturated rings. The fourth-order valence-electron chi connectivity index (χ4n) is 4.67. The molecule has 1 unspecified atom stereocenters. The second-order valence-corrected chi connectivity index (χ2v) is 12.1. The largest absolute Gasteiger partial charge is 0.461 e. The Kier molecular flexibility index (Phi) is 9.81. The van der Waals surface area contributed by atoms with Crippen molar-refractivity contribution in [1.82, 2.24) is 0 Å². The number of benzene rings is 4. The molecule has 0 aromatic heterocycles. The van der Waals surface area contributed by atoms with Gasteiger partial charge < -0.3 is 14.2 Å². The van der Waals surface area contributed by atoms with E-state index in [1.165, 1.54) is 0 Å². The first-order chi connectivity index (χ1) is 20.4. The van der Waals surface area contributed by atoms with Gasteiger partial charge in [0, 0.05) is 5.92 Å². The monoisotopic (exact) mass is 578 g/mol. The number of esters is 3. The average Bonchev–Trinajstić information content (AvgIpc) is 2.97. The van der Waals surface area contributed by atoms with Gasteiger partial charge in [0.2, 0.25) is 0 Å². The summed E-state index contributed by atoms with van der Waals surface area (Å²) in [4.78, 5) is 38.0. The lowest BCUT2D eigenvalue weighted by Gasteiger charge is -2.24. The predicted octanol–water partition coefficient (Wildman–Crippen LogP) is 7.89. The molecule has 0 bridgehead atoms. The molecule has 4 aromatic rings. The molecule has 43 heavy (non-hydrogen) atoms. The fourth-order valence-corrected chi connectivity index (χ4v) is 4.67. The third kappa shape index (κ3) is 9.14. The van der Waals surface area contributed by atoms with Crippen molar-refractivity contribution in [1.29, 1.82) is 0 Å². The minimum Gasteiger partial charge on any atom is -0.461 e. The van der Waals surface area contributed by atoms with Crippen LogP contribution < -0.4 is 0 Å². The maximum Gasteiger partial charge on any atom is 0.338 e. The molecule has 0 spiro atoms. The van der Waals surface area contributed by atoms with Crippen molar-refractivity contribution in [3.8, 4) is 0 Å². The van der Waals surface area contributed by atoms with E-state index in [1.807, 2.05) is 106 Å². The molecule has 6 heteroatoms. The SMILES string of the molecule is CC(C)(C)OC(=O)c1ccc(C(c2ccccc2)c2ccc(C(=O)OC(C)(C)CC(=O)OCc3ccccc3)cc2)cc1. The molecule has 0 amide bonds. The summed E-state index contributed by atoms with van der Waals surface area (Å²) in [7, 11) is 0. The Hall–Kier alpha value is -4.71. The summed E-state index contributed by atoms with van der Waals surface area (Å²) < 4.78 is 16.6. The molecule has 222 valence electrons. The van der Waals surface area contributed by atoms with Crippen molar-refractivity contribution in [2.75, 3.05) is 0 Å².